The van der Waals surface area contributed by atoms with Crippen molar-refractivity contribution in [2.75, 3.05) is 26.2 Å². The highest BCUT2D eigenvalue weighted by Gasteiger charge is 2.28. The lowest BCUT2D eigenvalue weighted by Crippen LogP contribution is -2.51. The molecule has 0 saturated carbocycles. The van der Waals surface area contributed by atoms with Crippen LogP contribution in [-0.4, -0.2) is 57.6 Å². The fourth-order valence-electron chi connectivity index (χ4n) is 3.74. The smallest absolute Gasteiger partial charge is 0.279 e. The lowest BCUT2D eigenvalue weighted by molar-refractivity contribution is -0.135. The Morgan fingerprint density at radius 1 is 0.833 bits per heavy atom. The Balaban J connectivity index is 1.71. The molecule has 1 saturated heterocycles. The molecule has 0 radical (unpaired) electrons. The van der Waals surface area contributed by atoms with Crippen molar-refractivity contribution in [2.24, 2.45) is 5.92 Å². The highest BCUT2D eigenvalue weighted by Crippen LogP contribution is 2.18. The van der Waals surface area contributed by atoms with Gasteiger partial charge in [-0.2, -0.15) is 9.78 Å². The molecule has 0 unspecified atom stereocenters. The molecule has 1 fully saturated rings. The van der Waals surface area contributed by atoms with Crippen LogP contribution in [-0.2, 0) is 4.79 Å². The SMILES string of the molecule is CC(C)C(=O)N1CCN(C(=O)c2nn(-c3ccccc3)c(=O)c3ccccc23)CC1. The monoisotopic (exact) mass is 404 g/mol. The quantitative estimate of drug-likeness (QED) is 0.671. The third-order valence-electron chi connectivity index (χ3n) is 5.38. The highest BCUT2D eigenvalue weighted by atomic mass is 16.2. The number of carbonyl (C=O) groups excluding carboxylic acids is 2. The molecule has 0 aliphatic carbocycles. The van der Waals surface area contributed by atoms with Crippen molar-refractivity contribution in [3.05, 3.63) is 70.6 Å². The molecule has 7 heteroatoms. The molecule has 2 aromatic carbocycles. The van der Waals surface area contributed by atoms with Crippen LogP contribution in [0.1, 0.15) is 24.3 Å². The second-order valence-corrected chi connectivity index (χ2v) is 7.72. The van der Waals surface area contributed by atoms with E-state index in [9.17, 15) is 14.4 Å². The molecule has 0 spiro atoms. The number of aromatic nitrogens is 2. The van der Waals surface area contributed by atoms with Gasteiger partial charge in [-0.1, -0.05) is 50.2 Å². The number of nitrogens with zero attached hydrogens (tertiary/aromatic N) is 4. The average Bonchev–Trinajstić information content (AvgIpc) is 2.79. The molecule has 1 aliphatic heterocycles. The first-order chi connectivity index (χ1) is 14.5. The van der Waals surface area contributed by atoms with E-state index >= 15 is 0 Å². The van der Waals surface area contributed by atoms with Crippen molar-refractivity contribution < 1.29 is 9.59 Å². The van der Waals surface area contributed by atoms with E-state index in [0.717, 1.165) is 0 Å². The Morgan fingerprint density at radius 2 is 1.40 bits per heavy atom. The average molecular weight is 404 g/mol. The summed E-state index contributed by atoms with van der Waals surface area (Å²) in [5, 5.41) is 5.45. The standard InChI is InChI=1S/C23H24N4O3/c1-16(2)21(28)25-12-14-26(15-13-25)23(30)20-18-10-6-7-11-19(18)22(29)27(24-20)17-8-4-3-5-9-17/h3-11,16H,12-15H2,1-2H3. The fraction of sp³-hybridized carbons (Fsp3) is 0.304. The summed E-state index contributed by atoms with van der Waals surface area (Å²) in [7, 11) is 0. The predicted molar refractivity (Wildman–Crippen MR) is 115 cm³/mol. The van der Waals surface area contributed by atoms with Crippen LogP contribution in [0.15, 0.2) is 59.4 Å². The summed E-state index contributed by atoms with van der Waals surface area (Å²) in [6.07, 6.45) is 0. The maximum atomic E-state index is 13.4. The maximum absolute atomic E-state index is 13.4. The normalized spacial score (nSPS) is 14.4. The van der Waals surface area contributed by atoms with E-state index in [1.807, 2.05) is 32.0 Å². The maximum Gasteiger partial charge on any atom is 0.279 e. The number of benzene rings is 2. The van der Waals surface area contributed by atoms with Crippen LogP contribution in [0.25, 0.3) is 16.5 Å². The third kappa shape index (κ3) is 3.58. The van der Waals surface area contributed by atoms with Gasteiger partial charge in [-0.15, -0.1) is 0 Å². The molecule has 30 heavy (non-hydrogen) atoms. The first kappa shape index (κ1) is 19.8. The minimum absolute atomic E-state index is 0.0627. The molecule has 4 rings (SSSR count). The zero-order valence-corrected chi connectivity index (χ0v) is 17.1. The Bertz CT molecular complexity index is 1150. The van der Waals surface area contributed by atoms with Crippen molar-refractivity contribution in [1.82, 2.24) is 19.6 Å². The summed E-state index contributed by atoms with van der Waals surface area (Å²) in [6, 6.07) is 16.1. The Labute approximate surface area is 174 Å². The topological polar surface area (TPSA) is 75.5 Å². The van der Waals surface area contributed by atoms with Crippen molar-refractivity contribution >= 4 is 22.6 Å². The van der Waals surface area contributed by atoms with E-state index < -0.39 is 0 Å². The highest BCUT2D eigenvalue weighted by molar-refractivity contribution is 6.05. The van der Waals surface area contributed by atoms with Gasteiger partial charge in [0.25, 0.3) is 11.5 Å². The molecule has 1 aromatic heterocycles. The molecule has 1 aliphatic rings. The lowest BCUT2D eigenvalue weighted by Gasteiger charge is -2.35. The molecule has 2 heterocycles. The Hall–Kier alpha value is -3.48. The van der Waals surface area contributed by atoms with E-state index in [1.54, 1.807) is 46.2 Å². The third-order valence-corrected chi connectivity index (χ3v) is 5.38. The van der Waals surface area contributed by atoms with Crippen LogP contribution < -0.4 is 5.56 Å². The summed E-state index contributed by atoms with van der Waals surface area (Å²) in [6.45, 7) is 5.64. The molecule has 154 valence electrons. The summed E-state index contributed by atoms with van der Waals surface area (Å²) < 4.78 is 1.29. The van der Waals surface area contributed by atoms with Crippen molar-refractivity contribution in [3.8, 4) is 5.69 Å². The van der Waals surface area contributed by atoms with Gasteiger partial charge in [0, 0.05) is 37.5 Å². The second-order valence-electron chi connectivity index (χ2n) is 7.72. The fourth-order valence-corrected chi connectivity index (χ4v) is 3.74. The molecular formula is C23H24N4O3. The van der Waals surface area contributed by atoms with Crippen LogP contribution in [0.4, 0.5) is 0 Å². The van der Waals surface area contributed by atoms with Gasteiger partial charge in [-0.05, 0) is 18.2 Å². The van der Waals surface area contributed by atoms with Gasteiger partial charge in [0.05, 0.1) is 11.1 Å². The molecular weight excluding hydrogens is 380 g/mol. The van der Waals surface area contributed by atoms with Crippen LogP contribution in [0.2, 0.25) is 0 Å². The van der Waals surface area contributed by atoms with E-state index in [0.29, 0.717) is 42.6 Å². The van der Waals surface area contributed by atoms with E-state index in [1.165, 1.54) is 4.68 Å². The van der Waals surface area contributed by atoms with Gasteiger partial charge >= 0.3 is 0 Å². The van der Waals surface area contributed by atoms with Gasteiger partial charge in [0.15, 0.2) is 5.69 Å². The number of rotatable bonds is 3. The largest absolute Gasteiger partial charge is 0.339 e. The first-order valence-electron chi connectivity index (χ1n) is 10.1. The number of fused-ring (bicyclic) bond motifs is 1. The molecule has 0 atom stereocenters. The first-order valence-corrected chi connectivity index (χ1v) is 10.1. The van der Waals surface area contributed by atoms with Crippen molar-refractivity contribution in [2.45, 2.75) is 13.8 Å². The Kier molecular flexibility index (Phi) is 5.35. The minimum atomic E-state index is -0.263. The summed E-state index contributed by atoms with van der Waals surface area (Å²) in [5.41, 5.74) is 0.591. The zero-order chi connectivity index (χ0) is 21.3. The lowest BCUT2D eigenvalue weighted by atomic mass is 10.1. The summed E-state index contributed by atoms with van der Waals surface area (Å²) in [5.74, 6) is -0.192. The molecule has 2 amide bonds. The van der Waals surface area contributed by atoms with Crippen molar-refractivity contribution in [1.29, 1.82) is 0 Å². The van der Waals surface area contributed by atoms with Crippen LogP contribution in [0.3, 0.4) is 0 Å². The van der Waals surface area contributed by atoms with Crippen LogP contribution in [0, 0.1) is 5.92 Å². The summed E-state index contributed by atoms with van der Waals surface area (Å²) in [4.78, 5) is 42.1. The van der Waals surface area contributed by atoms with E-state index in [2.05, 4.69) is 5.10 Å². The zero-order valence-electron chi connectivity index (χ0n) is 17.1. The number of hydrogen-bond acceptors (Lipinski definition) is 4. The number of amides is 2. The van der Waals surface area contributed by atoms with Gasteiger partial charge in [0.1, 0.15) is 0 Å². The van der Waals surface area contributed by atoms with Gasteiger partial charge in [0.2, 0.25) is 5.91 Å². The number of hydrogen-bond donors (Lipinski definition) is 0. The number of piperazine rings is 1. The van der Waals surface area contributed by atoms with Gasteiger partial charge in [-0.3, -0.25) is 14.4 Å². The van der Waals surface area contributed by atoms with Crippen molar-refractivity contribution in [3.63, 3.8) is 0 Å². The van der Waals surface area contributed by atoms with Crippen LogP contribution >= 0.6 is 0 Å². The molecule has 0 N–H and O–H groups in total. The second kappa shape index (κ2) is 8.10. The molecule has 0 bridgehead atoms. The molecule has 3 aromatic rings. The summed E-state index contributed by atoms with van der Waals surface area (Å²) >= 11 is 0. The van der Waals surface area contributed by atoms with Gasteiger partial charge in [-0.25, -0.2) is 0 Å². The van der Waals surface area contributed by atoms with Gasteiger partial charge < -0.3 is 9.80 Å². The van der Waals surface area contributed by atoms with Crippen LogP contribution in [0.5, 0.6) is 0 Å². The predicted octanol–water partition coefficient (Wildman–Crippen LogP) is 2.33. The minimum Gasteiger partial charge on any atom is -0.339 e. The van der Waals surface area contributed by atoms with E-state index in [4.69, 9.17) is 0 Å². The Morgan fingerprint density at radius 3 is 2.03 bits per heavy atom. The number of para-hydroxylation sites is 1. The number of carbonyl (C=O) groups is 2. The van der Waals surface area contributed by atoms with E-state index in [-0.39, 0.29) is 29.0 Å². The molecule has 7 nitrogen and oxygen atoms in total.